The number of hydrogen-bond acceptors (Lipinski definition) is 5. The SMILES string of the molecule is C[C@H](NC(=O)c1ccc(C(C)(C)C)cc1)C(=O)O[C@H](C)c1cccc([N+](=O)[O-])c1. The van der Waals surface area contributed by atoms with Crippen LogP contribution in [0.15, 0.2) is 48.5 Å². The van der Waals surface area contributed by atoms with Gasteiger partial charge < -0.3 is 10.1 Å². The lowest BCUT2D eigenvalue weighted by Crippen LogP contribution is -2.39. The first-order chi connectivity index (χ1) is 13.5. The Labute approximate surface area is 170 Å². The van der Waals surface area contributed by atoms with Crippen LogP contribution in [-0.4, -0.2) is 22.8 Å². The number of rotatable bonds is 6. The molecule has 0 aliphatic rings. The molecule has 2 aromatic rings. The molecular weight excluding hydrogens is 372 g/mol. The fourth-order valence-electron chi connectivity index (χ4n) is 2.70. The Morgan fingerprint density at radius 1 is 1.07 bits per heavy atom. The van der Waals surface area contributed by atoms with E-state index in [1.807, 2.05) is 12.1 Å². The minimum absolute atomic E-state index is 0.0191. The van der Waals surface area contributed by atoms with E-state index >= 15 is 0 Å². The molecule has 0 saturated carbocycles. The third-order valence-electron chi connectivity index (χ3n) is 4.56. The van der Waals surface area contributed by atoms with Crippen LogP contribution in [0.1, 0.15) is 62.2 Å². The summed E-state index contributed by atoms with van der Waals surface area (Å²) < 4.78 is 5.36. The van der Waals surface area contributed by atoms with Gasteiger partial charge in [-0.05, 0) is 42.5 Å². The first-order valence-electron chi connectivity index (χ1n) is 9.35. The van der Waals surface area contributed by atoms with Crippen LogP contribution >= 0.6 is 0 Å². The van der Waals surface area contributed by atoms with E-state index in [9.17, 15) is 19.7 Å². The minimum Gasteiger partial charge on any atom is -0.456 e. The van der Waals surface area contributed by atoms with Crippen LogP contribution in [0.5, 0.6) is 0 Å². The van der Waals surface area contributed by atoms with E-state index in [0.29, 0.717) is 11.1 Å². The van der Waals surface area contributed by atoms with Crippen molar-refractivity contribution in [3.8, 4) is 0 Å². The minimum atomic E-state index is -0.869. The van der Waals surface area contributed by atoms with Crippen molar-refractivity contribution in [1.82, 2.24) is 5.32 Å². The van der Waals surface area contributed by atoms with Crippen LogP contribution < -0.4 is 5.32 Å². The lowest BCUT2D eigenvalue weighted by atomic mass is 9.86. The first kappa shape index (κ1) is 22.1. The number of carbonyl (C=O) groups is 2. The van der Waals surface area contributed by atoms with Crippen molar-refractivity contribution >= 4 is 17.6 Å². The number of hydrogen-bond donors (Lipinski definition) is 1. The Balaban J connectivity index is 1.98. The zero-order chi connectivity index (χ0) is 21.8. The molecule has 2 rings (SSSR count). The smallest absolute Gasteiger partial charge is 0.328 e. The molecule has 0 radical (unpaired) electrons. The van der Waals surface area contributed by atoms with Gasteiger partial charge in [-0.25, -0.2) is 4.79 Å². The van der Waals surface area contributed by atoms with E-state index < -0.39 is 23.0 Å². The monoisotopic (exact) mass is 398 g/mol. The average Bonchev–Trinajstić information content (AvgIpc) is 2.67. The lowest BCUT2D eigenvalue weighted by Gasteiger charge is -2.20. The van der Waals surface area contributed by atoms with Gasteiger partial charge in [0.15, 0.2) is 0 Å². The van der Waals surface area contributed by atoms with Crippen molar-refractivity contribution < 1.29 is 19.2 Å². The van der Waals surface area contributed by atoms with Gasteiger partial charge in [0.1, 0.15) is 12.1 Å². The number of ether oxygens (including phenoxy) is 1. The summed E-state index contributed by atoms with van der Waals surface area (Å²) in [5, 5.41) is 13.5. The predicted octanol–water partition coefficient (Wildman–Crippen LogP) is 4.32. The third kappa shape index (κ3) is 5.88. The molecule has 0 spiro atoms. The molecule has 7 heteroatoms. The number of nitrogens with one attached hydrogen (secondary N) is 1. The number of nitrogens with zero attached hydrogens (tertiary/aromatic N) is 1. The van der Waals surface area contributed by atoms with Crippen LogP contribution in [0.4, 0.5) is 5.69 Å². The van der Waals surface area contributed by atoms with Gasteiger partial charge in [-0.3, -0.25) is 14.9 Å². The summed E-state index contributed by atoms with van der Waals surface area (Å²) in [5.74, 6) is -0.999. The summed E-state index contributed by atoms with van der Waals surface area (Å²) in [7, 11) is 0. The van der Waals surface area contributed by atoms with E-state index in [-0.39, 0.29) is 17.0 Å². The number of nitro benzene ring substituents is 1. The van der Waals surface area contributed by atoms with E-state index in [2.05, 4.69) is 26.1 Å². The second-order valence-electron chi connectivity index (χ2n) is 7.95. The molecule has 29 heavy (non-hydrogen) atoms. The van der Waals surface area contributed by atoms with Gasteiger partial charge in [-0.2, -0.15) is 0 Å². The summed E-state index contributed by atoms with van der Waals surface area (Å²) in [6, 6.07) is 12.3. The first-order valence-corrected chi connectivity index (χ1v) is 9.35. The topological polar surface area (TPSA) is 98.5 Å². The molecule has 0 aromatic heterocycles. The van der Waals surface area contributed by atoms with Crippen molar-refractivity contribution in [2.45, 2.75) is 52.2 Å². The quantitative estimate of drug-likeness (QED) is 0.444. The number of non-ortho nitro benzene ring substituents is 1. The maximum atomic E-state index is 12.4. The van der Waals surface area contributed by atoms with Gasteiger partial charge in [0.2, 0.25) is 0 Å². The zero-order valence-electron chi connectivity index (χ0n) is 17.3. The highest BCUT2D eigenvalue weighted by Crippen LogP contribution is 2.23. The molecule has 154 valence electrons. The fraction of sp³-hybridized carbons (Fsp3) is 0.364. The Kier molecular flexibility index (Phi) is 6.74. The van der Waals surface area contributed by atoms with Crippen molar-refractivity contribution in [2.75, 3.05) is 0 Å². The second kappa shape index (κ2) is 8.86. The molecule has 2 aromatic carbocycles. The van der Waals surface area contributed by atoms with Gasteiger partial charge in [-0.15, -0.1) is 0 Å². The summed E-state index contributed by atoms with van der Waals surface area (Å²) in [6.45, 7) is 9.41. The van der Waals surface area contributed by atoms with Crippen molar-refractivity contribution in [3.63, 3.8) is 0 Å². The summed E-state index contributed by atoms with van der Waals surface area (Å²) in [4.78, 5) is 35.1. The maximum Gasteiger partial charge on any atom is 0.328 e. The Morgan fingerprint density at radius 2 is 1.69 bits per heavy atom. The molecule has 1 N–H and O–H groups in total. The van der Waals surface area contributed by atoms with Crippen molar-refractivity contribution in [3.05, 3.63) is 75.3 Å². The standard InChI is InChI=1S/C22H26N2O5/c1-14(23-20(25)16-9-11-18(12-10-16)22(3,4)5)21(26)29-15(2)17-7-6-8-19(13-17)24(27)28/h6-15H,1-5H3,(H,23,25)/t14-,15+/m0/s1. The number of esters is 1. The van der Waals surface area contributed by atoms with Crippen LogP contribution in [0.2, 0.25) is 0 Å². The third-order valence-corrected chi connectivity index (χ3v) is 4.56. The van der Waals surface area contributed by atoms with E-state index in [1.165, 1.54) is 25.1 Å². The van der Waals surface area contributed by atoms with Gasteiger partial charge in [0.05, 0.1) is 4.92 Å². The van der Waals surface area contributed by atoms with Gasteiger partial charge in [-0.1, -0.05) is 45.0 Å². The van der Waals surface area contributed by atoms with Gasteiger partial charge >= 0.3 is 5.97 Å². The van der Waals surface area contributed by atoms with Crippen LogP contribution in [0.3, 0.4) is 0 Å². The number of carbonyl (C=O) groups excluding carboxylic acids is 2. The molecule has 0 fully saturated rings. The zero-order valence-corrected chi connectivity index (χ0v) is 17.3. The molecule has 0 saturated heterocycles. The van der Waals surface area contributed by atoms with E-state index in [1.54, 1.807) is 25.1 Å². The van der Waals surface area contributed by atoms with E-state index in [4.69, 9.17) is 4.74 Å². The lowest BCUT2D eigenvalue weighted by molar-refractivity contribution is -0.385. The Morgan fingerprint density at radius 3 is 2.24 bits per heavy atom. The van der Waals surface area contributed by atoms with Gasteiger partial charge in [0.25, 0.3) is 11.6 Å². The molecular formula is C22H26N2O5. The molecule has 1 amide bonds. The average molecular weight is 398 g/mol. The van der Waals surface area contributed by atoms with Gasteiger partial charge in [0, 0.05) is 17.7 Å². The molecule has 2 atom stereocenters. The van der Waals surface area contributed by atoms with Crippen LogP contribution in [0.25, 0.3) is 0 Å². The number of amides is 1. The molecule has 7 nitrogen and oxygen atoms in total. The highest BCUT2D eigenvalue weighted by atomic mass is 16.6. The summed E-state index contributed by atoms with van der Waals surface area (Å²) >= 11 is 0. The largest absolute Gasteiger partial charge is 0.456 e. The number of nitro groups is 1. The molecule has 0 heterocycles. The van der Waals surface area contributed by atoms with Crippen molar-refractivity contribution in [2.24, 2.45) is 0 Å². The Bertz CT molecular complexity index is 900. The Hall–Kier alpha value is -3.22. The summed E-state index contributed by atoms with van der Waals surface area (Å²) in [6.07, 6.45) is -0.687. The second-order valence-corrected chi connectivity index (χ2v) is 7.95. The molecule has 0 unspecified atom stereocenters. The maximum absolute atomic E-state index is 12.4. The molecule has 0 aliphatic carbocycles. The van der Waals surface area contributed by atoms with Crippen LogP contribution in [0, 0.1) is 10.1 Å². The number of benzene rings is 2. The molecule has 0 aliphatic heterocycles. The van der Waals surface area contributed by atoms with E-state index in [0.717, 1.165) is 5.56 Å². The molecule has 0 bridgehead atoms. The predicted molar refractivity (Wildman–Crippen MR) is 110 cm³/mol. The summed E-state index contributed by atoms with van der Waals surface area (Å²) in [5.41, 5.74) is 1.96. The fourth-order valence-corrected chi connectivity index (χ4v) is 2.70. The highest BCUT2D eigenvalue weighted by Gasteiger charge is 2.22. The van der Waals surface area contributed by atoms with Crippen molar-refractivity contribution in [1.29, 1.82) is 0 Å². The highest BCUT2D eigenvalue weighted by molar-refractivity contribution is 5.96. The normalized spacial score (nSPS) is 13.3. The van der Waals surface area contributed by atoms with Crippen LogP contribution in [-0.2, 0) is 14.9 Å².